The van der Waals surface area contributed by atoms with E-state index < -0.39 is 23.0 Å². The highest BCUT2D eigenvalue weighted by Crippen LogP contribution is 2.31. The SMILES string of the molecule is COc1nc2c(cc1NCc1cccc(Cl)c1Cl)c(=O)c(C(=O)O)cn2[C@H](CO)C(C)C. The van der Waals surface area contributed by atoms with Gasteiger partial charge in [0, 0.05) is 12.7 Å². The first kappa shape index (κ1) is 23.8. The summed E-state index contributed by atoms with van der Waals surface area (Å²) >= 11 is 12.3. The van der Waals surface area contributed by atoms with E-state index in [2.05, 4.69) is 10.3 Å². The lowest BCUT2D eigenvalue weighted by atomic mass is 10.0. The number of anilines is 1. The number of ether oxygens (including phenoxy) is 1. The number of fused-ring (bicyclic) bond motifs is 1. The number of methoxy groups -OCH3 is 1. The van der Waals surface area contributed by atoms with Gasteiger partial charge in [-0.3, -0.25) is 4.79 Å². The van der Waals surface area contributed by atoms with Crippen molar-refractivity contribution in [1.82, 2.24) is 9.55 Å². The van der Waals surface area contributed by atoms with E-state index >= 15 is 0 Å². The number of rotatable bonds is 8. The Morgan fingerprint density at radius 3 is 2.62 bits per heavy atom. The number of carboxylic acids is 1. The Balaban J connectivity index is 2.19. The van der Waals surface area contributed by atoms with Crippen LogP contribution in [-0.2, 0) is 6.54 Å². The van der Waals surface area contributed by atoms with Gasteiger partial charge in [0.1, 0.15) is 11.2 Å². The van der Waals surface area contributed by atoms with E-state index in [-0.39, 0.29) is 36.0 Å². The number of aliphatic hydroxyl groups excluding tert-OH is 1. The van der Waals surface area contributed by atoms with Crippen molar-refractivity contribution < 1.29 is 19.7 Å². The fourth-order valence-corrected chi connectivity index (χ4v) is 3.82. The van der Waals surface area contributed by atoms with Crippen molar-refractivity contribution >= 4 is 45.9 Å². The molecule has 0 fully saturated rings. The molecule has 0 amide bonds. The summed E-state index contributed by atoms with van der Waals surface area (Å²) in [6, 6.07) is 6.25. The standard InChI is InChI=1S/C22H23Cl2N3O5/c1-11(2)17(10-28)27-9-14(22(30)31)19(29)13-7-16(21(32-3)26-20(13)27)25-8-12-5-4-6-15(23)18(12)24/h4-7,9,11,17,25,28H,8,10H2,1-3H3,(H,30,31)/t17-/m1/s1. The molecule has 0 unspecified atom stereocenters. The fourth-order valence-electron chi connectivity index (χ4n) is 3.44. The number of halogens is 2. The second-order valence-electron chi connectivity index (χ2n) is 7.56. The first-order valence-electron chi connectivity index (χ1n) is 9.84. The fraction of sp³-hybridized carbons (Fsp3) is 0.318. The van der Waals surface area contributed by atoms with Crippen molar-refractivity contribution in [3.63, 3.8) is 0 Å². The second kappa shape index (κ2) is 9.77. The lowest BCUT2D eigenvalue weighted by molar-refractivity contribution is 0.0694. The maximum absolute atomic E-state index is 12.9. The minimum Gasteiger partial charge on any atom is -0.479 e. The van der Waals surface area contributed by atoms with Crippen molar-refractivity contribution in [2.45, 2.75) is 26.4 Å². The third-order valence-electron chi connectivity index (χ3n) is 5.21. The highest BCUT2D eigenvalue weighted by molar-refractivity contribution is 6.42. The molecular formula is C22H23Cl2N3O5. The van der Waals surface area contributed by atoms with Crippen LogP contribution in [0.5, 0.6) is 5.88 Å². The minimum atomic E-state index is -1.36. The number of pyridine rings is 2. The predicted octanol–water partition coefficient (Wildman–Crippen LogP) is 4.21. The summed E-state index contributed by atoms with van der Waals surface area (Å²) in [5.41, 5.74) is 0.233. The van der Waals surface area contributed by atoms with Crippen LogP contribution in [0.3, 0.4) is 0 Å². The van der Waals surface area contributed by atoms with Crippen LogP contribution in [0.1, 0.15) is 35.8 Å². The zero-order valence-corrected chi connectivity index (χ0v) is 19.2. The summed E-state index contributed by atoms with van der Waals surface area (Å²) in [5, 5.41) is 23.5. The zero-order chi connectivity index (χ0) is 23.6. The summed E-state index contributed by atoms with van der Waals surface area (Å²) in [6.07, 6.45) is 1.22. The van der Waals surface area contributed by atoms with E-state index in [0.29, 0.717) is 15.7 Å². The average molecular weight is 480 g/mol. The number of aromatic carboxylic acids is 1. The molecule has 1 atom stereocenters. The van der Waals surface area contributed by atoms with Crippen molar-refractivity contribution in [1.29, 1.82) is 0 Å². The molecule has 0 aliphatic heterocycles. The Kier molecular flexibility index (Phi) is 7.28. The summed E-state index contributed by atoms with van der Waals surface area (Å²) < 4.78 is 6.93. The second-order valence-corrected chi connectivity index (χ2v) is 8.35. The molecule has 3 N–H and O–H groups in total. The van der Waals surface area contributed by atoms with Gasteiger partial charge >= 0.3 is 5.97 Å². The molecular weight excluding hydrogens is 457 g/mol. The van der Waals surface area contributed by atoms with Crippen molar-refractivity contribution in [3.8, 4) is 5.88 Å². The monoisotopic (exact) mass is 479 g/mol. The molecule has 8 nitrogen and oxygen atoms in total. The number of carboxylic acid groups (broad SMARTS) is 1. The van der Waals surface area contributed by atoms with E-state index in [9.17, 15) is 19.8 Å². The minimum absolute atomic E-state index is 0.0529. The number of benzene rings is 1. The first-order valence-corrected chi connectivity index (χ1v) is 10.6. The van der Waals surface area contributed by atoms with Gasteiger partial charge in [-0.1, -0.05) is 49.2 Å². The number of aromatic nitrogens is 2. The lowest BCUT2D eigenvalue weighted by Crippen LogP contribution is -2.26. The Hall–Kier alpha value is -2.81. The number of aliphatic hydroxyl groups is 1. The molecule has 2 heterocycles. The topological polar surface area (TPSA) is 114 Å². The molecule has 0 radical (unpaired) electrons. The van der Waals surface area contributed by atoms with Crippen molar-refractivity contribution in [2.75, 3.05) is 19.0 Å². The normalized spacial score (nSPS) is 12.2. The van der Waals surface area contributed by atoms with E-state index in [1.54, 1.807) is 18.2 Å². The maximum Gasteiger partial charge on any atom is 0.341 e. The predicted molar refractivity (Wildman–Crippen MR) is 124 cm³/mol. The van der Waals surface area contributed by atoms with Gasteiger partial charge in [-0.25, -0.2) is 4.79 Å². The lowest BCUT2D eigenvalue weighted by Gasteiger charge is -2.24. The average Bonchev–Trinajstić information content (AvgIpc) is 2.75. The van der Waals surface area contributed by atoms with Crippen LogP contribution in [0.15, 0.2) is 35.3 Å². The van der Waals surface area contributed by atoms with Gasteiger partial charge in [-0.15, -0.1) is 0 Å². The highest BCUT2D eigenvalue weighted by atomic mass is 35.5. The number of hydrogen-bond acceptors (Lipinski definition) is 6. The maximum atomic E-state index is 12.9. The summed E-state index contributed by atoms with van der Waals surface area (Å²) in [5.74, 6) is -1.21. The molecule has 0 spiro atoms. The third-order valence-corrected chi connectivity index (χ3v) is 6.07. The highest BCUT2D eigenvalue weighted by Gasteiger charge is 2.23. The van der Waals surface area contributed by atoms with Gasteiger partial charge in [0.05, 0.1) is 40.9 Å². The Labute approximate surface area is 194 Å². The molecule has 32 heavy (non-hydrogen) atoms. The van der Waals surface area contributed by atoms with Crippen LogP contribution < -0.4 is 15.5 Å². The zero-order valence-electron chi connectivity index (χ0n) is 17.7. The van der Waals surface area contributed by atoms with Gasteiger partial charge in [0.25, 0.3) is 0 Å². The first-order chi connectivity index (χ1) is 15.2. The van der Waals surface area contributed by atoms with Crippen LogP contribution in [0, 0.1) is 5.92 Å². The molecule has 0 saturated heterocycles. The van der Waals surface area contributed by atoms with Gasteiger partial charge in [0.2, 0.25) is 11.3 Å². The molecule has 1 aromatic carbocycles. The van der Waals surface area contributed by atoms with Gasteiger partial charge in [-0.05, 0) is 23.6 Å². The molecule has 0 aliphatic rings. The number of carbonyl (C=O) groups is 1. The van der Waals surface area contributed by atoms with Crippen LogP contribution in [0.4, 0.5) is 5.69 Å². The smallest absolute Gasteiger partial charge is 0.341 e. The van der Waals surface area contributed by atoms with Crippen LogP contribution >= 0.6 is 23.2 Å². The Bertz CT molecular complexity index is 1230. The van der Waals surface area contributed by atoms with Gasteiger partial charge in [0.15, 0.2) is 0 Å². The van der Waals surface area contributed by atoms with Crippen LogP contribution in [0.25, 0.3) is 11.0 Å². The van der Waals surface area contributed by atoms with E-state index in [1.807, 2.05) is 13.8 Å². The van der Waals surface area contributed by atoms with Crippen molar-refractivity contribution in [2.24, 2.45) is 5.92 Å². The molecule has 0 aliphatic carbocycles. The Morgan fingerprint density at radius 2 is 2.03 bits per heavy atom. The molecule has 170 valence electrons. The van der Waals surface area contributed by atoms with Gasteiger partial charge < -0.3 is 24.8 Å². The van der Waals surface area contributed by atoms with Crippen LogP contribution in [-0.4, -0.2) is 39.5 Å². The third kappa shape index (κ3) is 4.53. The molecule has 10 heteroatoms. The van der Waals surface area contributed by atoms with E-state index in [4.69, 9.17) is 27.9 Å². The summed E-state index contributed by atoms with van der Waals surface area (Å²) in [4.78, 5) is 29.1. The number of nitrogens with one attached hydrogen (secondary N) is 1. The quantitative estimate of drug-likeness (QED) is 0.443. The van der Waals surface area contributed by atoms with Crippen molar-refractivity contribution in [3.05, 3.63) is 61.9 Å². The van der Waals surface area contributed by atoms with E-state index in [0.717, 1.165) is 5.56 Å². The molecule has 3 rings (SSSR count). The largest absolute Gasteiger partial charge is 0.479 e. The molecule has 0 saturated carbocycles. The molecule has 3 aromatic rings. The molecule has 0 bridgehead atoms. The van der Waals surface area contributed by atoms with E-state index in [1.165, 1.54) is 23.9 Å². The van der Waals surface area contributed by atoms with Gasteiger partial charge in [-0.2, -0.15) is 4.98 Å². The summed E-state index contributed by atoms with van der Waals surface area (Å²) in [6.45, 7) is 3.77. The van der Waals surface area contributed by atoms with Crippen LogP contribution in [0.2, 0.25) is 10.0 Å². The summed E-state index contributed by atoms with van der Waals surface area (Å²) in [7, 11) is 1.44. The number of hydrogen-bond donors (Lipinski definition) is 3. The Morgan fingerprint density at radius 1 is 1.31 bits per heavy atom. The molecule has 2 aromatic heterocycles. The number of nitrogens with zero attached hydrogens (tertiary/aromatic N) is 2.